The molecule has 6 atom stereocenters. The molecule has 0 radical (unpaired) electrons. The zero-order valence-corrected chi connectivity index (χ0v) is 14.4. The number of allylic oxidation sites excluding steroid dienone is 7. The van der Waals surface area contributed by atoms with Crippen LogP contribution in [0.15, 0.2) is 60.9 Å². The molecule has 2 bridgehead atoms. The fourth-order valence-corrected chi connectivity index (χ4v) is 5.32. The van der Waals surface area contributed by atoms with Crippen molar-refractivity contribution in [2.24, 2.45) is 29.6 Å². The lowest BCUT2D eigenvalue weighted by Crippen LogP contribution is -2.20. The van der Waals surface area contributed by atoms with Gasteiger partial charge in [-0.15, -0.1) is 0 Å². The van der Waals surface area contributed by atoms with Crippen molar-refractivity contribution in [3.63, 3.8) is 0 Å². The minimum absolute atomic E-state index is 0.309. The molecule has 1 aliphatic heterocycles. The first-order chi connectivity index (χ1) is 11.8. The molecule has 4 aliphatic rings. The van der Waals surface area contributed by atoms with Gasteiger partial charge in [0.25, 0.3) is 0 Å². The minimum Gasteiger partial charge on any atom is -0.491 e. The first kappa shape index (κ1) is 16.0. The Hall–Kier alpha value is -1.54. The zero-order chi connectivity index (χ0) is 16.5. The van der Waals surface area contributed by atoms with E-state index in [1.165, 1.54) is 25.7 Å². The number of ether oxygens (including phenoxy) is 2. The zero-order valence-electron chi connectivity index (χ0n) is 14.4. The van der Waals surface area contributed by atoms with Gasteiger partial charge in [0, 0.05) is 0 Å². The van der Waals surface area contributed by atoms with Crippen LogP contribution >= 0.6 is 0 Å². The van der Waals surface area contributed by atoms with Gasteiger partial charge in [0.1, 0.15) is 18.5 Å². The number of hydrogen-bond donors (Lipinski definition) is 0. The van der Waals surface area contributed by atoms with Crippen molar-refractivity contribution >= 4 is 0 Å². The van der Waals surface area contributed by atoms with Gasteiger partial charge < -0.3 is 9.47 Å². The van der Waals surface area contributed by atoms with Crippen LogP contribution < -0.4 is 0 Å². The molecule has 3 aliphatic carbocycles. The van der Waals surface area contributed by atoms with Gasteiger partial charge in [0.05, 0.1) is 6.61 Å². The number of fused-ring (bicyclic) bond motifs is 5. The van der Waals surface area contributed by atoms with E-state index in [-0.39, 0.29) is 0 Å². The predicted octanol–water partition coefficient (Wildman–Crippen LogP) is 4.82. The second kappa shape index (κ2) is 6.76. The summed E-state index contributed by atoms with van der Waals surface area (Å²) >= 11 is 0. The quantitative estimate of drug-likeness (QED) is 0.380. The highest BCUT2D eigenvalue weighted by molar-refractivity contribution is 5.31. The highest BCUT2D eigenvalue weighted by Crippen LogP contribution is 2.62. The van der Waals surface area contributed by atoms with E-state index in [0.717, 1.165) is 42.0 Å². The number of epoxide rings is 1. The van der Waals surface area contributed by atoms with Crippen LogP contribution in [0.3, 0.4) is 0 Å². The molecular formula is C22H28O2. The summed E-state index contributed by atoms with van der Waals surface area (Å²) in [5.74, 6) is 5.22. The van der Waals surface area contributed by atoms with E-state index in [1.54, 1.807) is 5.57 Å². The highest BCUT2D eigenvalue weighted by Gasteiger charge is 2.54. The molecule has 4 rings (SSSR count). The fourth-order valence-electron chi connectivity index (χ4n) is 5.32. The third-order valence-corrected chi connectivity index (χ3v) is 6.36. The van der Waals surface area contributed by atoms with E-state index in [2.05, 4.69) is 31.4 Å². The Morgan fingerprint density at radius 1 is 1.12 bits per heavy atom. The van der Waals surface area contributed by atoms with Crippen LogP contribution in [0.4, 0.5) is 0 Å². The van der Waals surface area contributed by atoms with Gasteiger partial charge in [0.2, 0.25) is 0 Å². The van der Waals surface area contributed by atoms with Gasteiger partial charge in [-0.25, -0.2) is 0 Å². The smallest absolute Gasteiger partial charge is 0.118 e. The first-order valence-corrected chi connectivity index (χ1v) is 9.36. The summed E-state index contributed by atoms with van der Waals surface area (Å²) in [4.78, 5) is 0. The number of rotatable bonds is 7. The minimum atomic E-state index is 0.309. The van der Waals surface area contributed by atoms with Gasteiger partial charge in [-0.3, -0.25) is 0 Å². The van der Waals surface area contributed by atoms with Crippen molar-refractivity contribution in [2.75, 3.05) is 13.2 Å². The molecule has 0 aromatic carbocycles. The average Bonchev–Trinajstić information content (AvgIpc) is 3.04. The van der Waals surface area contributed by atoms with Gasteiger partial charge in [-0.05, 0) is 66.9 Å². The summed E-state index contributed by atoms with van der Waals surface area (Å²) in [7, 11) is 0. The molecule has 3 saturated carbocycles. The molecule has 1 heterocycles. The molecular weight excluding hydrogens is 296 g/mol. The summed E-state index contributed by atoms with van der Waals surface area (Å²) in [6, 6.07) is 0. The van der Waals surface area contributed by atoms with E-state index in [4.69, 9.17) is 9.47 Å². The van der Waals surface area contributed by atoms with E-state index >= 15 is 0 Å². The van der Waals surface area contributed by atoms with E-state index in [9.17, 15) is 0 Å². The molecule has 2 nitrogen and oxygen atoms in total. The van der Waals surface area contributed by atoms with E-state index in [0.29, 0.717) is 12.7 Å². The molecule has 4 fully saturated rings. The highest BCUT2D eigenvalue weighted by atomic mass is 16.6. The van der Waals surface area contributed by atoms with Crippen LogP contribution in [0.5, 0.6) is 0 Å². The van der Waals surface area contributed by atoms with Gasteiger partial charge in [0.15, 0.2) is 0 Å². The lowest BCUT2D eigenvalue weighted by Gasteiger charge is -2.28. The Labute approximate surface area is 145 Å². The normalized spacial score (nSPS) is 41.8. The molecule has 0 amide bonds. The summed E-state index contributed by atoms with van der Waals surface area (Å²) in [6.45, 7) is 9.14. The molecule has 128 valence electrons. The first-order valence-electron chi connectivity index (χ1n) is 9.36. The SMILES string of the molecule is C=C/C=C\C(OCC1CO1)=C1/CC2CC1C1CC(/C=C/C=C)CC21. The van der Waals surface area contributed by atoms with Crippen LogP contribution in [-0.4, -0.2) is 19.3 Å². The van der Waals surface area contributed by atoms with Crippen molar-refractivity contribution in [1.29, 1.82) is 0 Å². The fraction of sp³-hybridized carbons (Fsp3) is 0.545. The van der Waals surface area contributed by atoms with Crippen molar-refractivity contribution in [3.8, 4) is 0 Å². The third kappa shape index (κ3) is 3.04. The van der Waals surface area contributed by atoms with E-state index < -0.39 is 0 Å². The second-order valence-corrected chi connectivity index (χ2v) is 7.74. The predicted molar refractivity (Wildman–Crippen MR) is 97.3 cm³/mol. The molecule has 0 N–H and O–H groups in total. The van der Waals surface area contributed by atoms with Crippen molar-refractivity contribution < 1.29 is 9.47 Å². The Balaban J connectivity index is 1.51. The third-order valence-electron chi connectivity index (χ3n) is 6.36. The van der Waals surface area contributed by atoms with Gasteiger partial charge in [-0.1, -0.05) is 43.5 Å². The van der Waals surface area contributed by atoms with Gasteiger partial charge in [-0.2, -0.15) is 0 Å². The summed E-state index contributed by atoms with van der Waals surface area (Å²) in [6.07, 6.45) is 18.0. The summed E-state index contributed by atoms with van der Waals surface area (Å²) in [5, 5.41) is 0. The van der Waals surface area contributed by atoms with Crippen molar-refractivity contribution in [3.05, 3.63) is 60.9 Å². The average molecular weight is 324 g/mol. The lowest BCUT2D eigenvalue weighted by molar-refractivity contribution is 0.182. The van der Waals surface area contributed by atoms with Crippen LogP contribution in [0, 0.1) is 29.6 Å². The van der Waals surface area contributed by atoms with Crippen LogP contribution in [0.1, 0.15) is 25.7 Å². The molecule has 2 heteroatoms. The largest absolute Gasteiger partial charge is 0.491 e. The Morgan fingerprint density at radius 2 is 1.92 bits per heavy atom. The standard InChI is InChI=1S/C22H28O2/c1-3-5-7-15-9-18-16-11-20(19(18)10-15)21(12-16)22(8-6-4-2)24-14-17-13-23-17/h3-8,15-20H,1-2,9-14H2/b7-5+,8-6-,22-21-. The maximum atomic E-state index is 6.14. The molecule has 0 spiro atoms. The maximum Gasteiger partial charge on any atom is 0.118 e. The molecule has 24 heavy (non-hydrogen) atoms. The van der Waals surface area contributed by atoms with Crippen molar-refractivity contribution in [1.82, 2.24) is 0 Å². The molecule has 0 aromatic heterocycles. The lowest BCUT2D eigenvalue weighted by atomic mass is 9.78. The van der Waals surface area contributed by atoms with Gasteiger partial charge >= 0.3 is 0 Å². The summed E-state index contributed by atoms with van der Waals surface area (Å²) < 4.78 is 11.4. The van der Waals surface area contributed by atoms with Crippen LogP contribution in [-0.2, 0) is 9.47 Å². The molecule has 1 saturated heterocycles. The second-order valence-electron chi connectivity index (χ2n) is 7.74. The Kier molecular flexibility index (Phi) is 4.49. The van der Waals surface area contributed by atoms with Crippen LogP contribution in [0.2, 0.25) is 0 Å². The Bertz CT molecular complexity index is 593. The molecule has 6 unspecified atom stereocenters. The maximum absolute atomic E-state index is 6.14. The van der Waals surface area contributed by atoms with Crippen LogP contribution in [0.25, 0.3) is 0 Å². The van der Waals surface area contributed by atoms with Crippen molar-refractivity contribution in [2.45, 2.75) is 31.8 Å². The van der Waals surface area contributed by atoms with E-state index in [1.807, 2.05) is 18.2 Å². The Morgan fingerprint density at radius 3 is 2.67 bits per heavy atom. The molecule has 0 aromatic rings. The summed E-state index contributed by atoms with van der Waals surface area (Å²) in [5.41, 5.74) is 1.56. The number of hydrogen-bond acceptors (Lipinski definition) is 2. The topological polar surface area (TPSA) is 21.8 Å². The monoisotopic (exact) mass is 324 g/mol.